The van der Waals surface area contributed by atoms with Crippen molar-refractivity contribution in [3.63, 3.8) is 0 Å². The van der Waals surface area contributed by atoms with Gasteiger partial charge < -0.3 is 0 Å². The van der Waals surface area contributed by atoms with Crippen LogP contribution in [0.15, 0.2) is 0 Å². The molecule has 0 heterocycles. The average molecular weight is 242 g/mol. The maximum absolute atomic E-state index is 5.53. The molecule has 1 unspecified atom stereocenters. The molecular weight excluding hydrogens is 234 g/mol. The van der Waals surface area contributed by atoms with E-state index in [0.717, 1.165) is 12.8 Å². The molecule has 0 aromatic carbocycles. The average Bonchev–Trinajstić information content (AvgIpc) is 1.80. The lowest BCUT2D eigenvalue weighted by Gasteiger charge is -2.17. The standard InChI is InChI=1S/C5H8Cl4S/c6-3-1-2-4(10)5(7,8)9/h4,10H,1-3H2. The molecule has 0 saturated carbocycles. The maximum atomic E-state index is 5.53. The Morgan fingerprint density at radius 3 is 2.10 bits per heavy atom. The highest BCUT2D eigenvalue weighted by atomic mass is 35.6. The van der Waals surface area contributed by atoms with E-state index in [1.54, 1.807) is 0 Å². The van der Waals surface area contributed by atoms with E-state index in [1.165, 1.54) is 0 Å². The third-order valence-corrected chi connectivity index (χ3v) is 3.15. The minimum absolute atomic E-state index is 0.226. The predicted octanol–water partition coefficient (Wildman–Crippen LogP) is 3.67. The van der Waals surface area contributed by atoms with Crippen molar-refractivity contribution < 1.29 is 0 Å². The summed E-state index contributed by atoms with van der Waals surface area (Å²) in [6.07, 6.45) is 1.55. The number of thiol groups is 1. The molecule has 0 spiro atoms. The van der Waals surface area contributed by atoms with Crippen LogP contribution in [0.5, 0.6) is 0 Å². The lowest BCUT2D eigenvalue weighted by molar-refractivity contribution is 0.758. The fraction of sp³-hybridized carbons (Fsp3) is 1.00. The number of halogens is 4. The van der Waals surface area contributed by atoms with E-state index in [0.29, 0.717) is 5.88 Å². The van der Waals surface area contributed by atoms with E-state index in [1.807, 2.05) is 0 Å². The minimum atomic E-state index is -1.27. The van der Waals surface area contributed by atoms with Crippen molar-refractivity contribution in [2.45, 2.75) is 21.9 Å². The molecule has 0 N–H and O–H groups in total. The van der Waals surface area contributed by atoms with Crippen LogP contribution in [0.2, 0.25) is 0 Å². The summed E-state index contributed by atoms with van der Waals surface area (Å²) in [5.74, 6) is 0.581. The lowest BCUT2D eigenvalue weighted by Crippen LogP contribution is -2.19. The monoisotopic (exact) mass is 240 g/mol. The summed E-state index contributed by atoms with van der Waals surface area (Å²) in [5, 5.41) is -0.226. The van der Waals surface area contributed by atoms with Gasteiger partial charge in [-0.2, -0.15) is 12.6 Å². The largest absolute Gasteiger partial charge is 0.202 e. The van der Waals surface area contributed by atoms with Crippen LogP contribution in [0.4, 0.5) is 0 Å². The van der Waals surface area contributed by atoms with Crippen molar-refractivity contribution >= 4 is 59.0 Å². The predicted molar refractivity (Wildman–Crippen MR) is 53.0 cm³/mol. The van der Waals surface area contributed by atoms with Gasteiger partial charge in [-0.3, -0.25) is 0 Å². The van der Waals surface area contributed by atoms with Crippen LogP contribution < -0.4 is 0 Å². The Balaban J connectivity index is 3.52. The zero-order chi connectivity index (χ0) is 8.20. The first kappa shape index (κ1) is 11.5. The third kappa shape index (κ3) is 5.20. The van der Waals surface area contributed by atoms with Gasteiger partial charge in [0.25, 0.3) is 0 Å². The van der Waals surface area contributed by atoms with Gasteiger partial charge in [-0.15, -0.1) is 11.6 Å². The summed E-state index contributed by atoms with van der Waals surface area (Å²) in [4.78, 5) is 0. The number of hydrogen-bond acceptors (Lipinski definition) is 1. The normalized spacial score (nSPS) is 15.3. The van der Waals surface area contributed by atoms with Gasteiger partial charge in [-0.25, -0.2) is 0 Å². The van der Waals surface area contributed by atoms with E-state index in [-0.39, 0.29) is 5.25 Å². The summed E-state index contributed by atoms with van der Waals surface area (Å²) in [6.45, 7) is 0. The molecule has 0 amide bonds. The summed E-state index contributed by atoms with van der Waals surface area (Å²) in [5.41, 5.74) is 0. The lowest BCUT2D eigenvalue weighted by atomic mass is 10.3. The van der Waals surface area contributed by atoms with Crippen LogP contribution in [0, 0.1) is 0 Å². The van der Waals surface area contributed by atoms with Crippen LogP contribution in [0.25, 0.3) is 0 Å². The highest BCUT2D eigenvalue weighted by molar-refractivity contribution is 7.81. The maximum Gasteiger partial charge on any atom is 0.202 e. The molecular formula is C5H8Cl4S. The van der Waals surface area contributed by atoms with Crippen LogP contribution in [-0.4, -0.2) is 14.9 Å². The van der Waals surface area contributed by atoms with Crippen molar-refractivity contribution in [2.75, 3.05) is 5.88 Å². The molecule has 0 aromatic rings. The first-order valence-electron chi connectivity index (χ1n) is 2.79. The van der Waals surface area contributed by atoms with Crippen molar-refractivity contribution in [1.29, 1.82) is 0 Å². The van der Waals surface area contributed by atoms with E-state index in [4.69, 9.17) is 46.4 Å². The van der Waals surface area contributed by atoms with Crippen molar-refractivity contribution in [3.8, 4) is 0 Å². The van der Waals surface area contributed by atoms with Crippen molar-refractivity contribution in [3.05, 3.63) is 0 Å². The molecule has 0 saturated heterocycles. The molecule has 0 aliphatic heterocycles. The van der Waals surface area contributed by atoms with Crippen LogP contribution in [0.3, 0.4) is 0 Å². The third-order valence-electron chi connectivity index (χ3n) is 0.989. The molecule has 5 heteroatoms. The van der Waals surface area contributed by atoms with Gasteiger partial charge in [0.15, 0.2) is 0 Å². The van der Waals surface area contributed by atoms with E-state index in [9.17, 15) is 0 Å². The molecule has 1 atom stereocenters. The fourth-order valence-corrected chi connectivity index (χ4v) is 1.10. The Hall–Kier alpha value is 1.51. The van der Waals surface area contributed by atoms with Crippen LogP contribution in [-0.2, 0) is 0 Å². The molecule has 0 aliphatic carbocycles. The van der Waals surface area contributed by atoms with Gasteiger partial charge in [-0.1, -0.05) is 34.8 Å². The zero-order valence-electron chi connectivity index (χ0n) is 5.16. The number of hydrogen-bond donors (Lipinski definition) is 1. The molecule has 10 heavy (non-hydrogen) atoms. The number of alkyl halides is 4. The topological polar surface area (TPSA) is 0 Å². The molecule has 0 radical (unpaired) electrons. The molecule has 0 nitrogen and oxygen atoms in total. The first-order chi connectivity index (χ1) is 4.48. The SMILES string of the molecule is SC(CCCCl)C(Cl)(Cl)Cl. The smallest absolute Gasteiger partial charge is 0.171 e. The number of rotatable bonds is 3. The highest BCUT2D eigenvalue weighted by Crippen LogP contribution is 2.35. The second-order valence-electron chi connectivity index (χ2n) is 1.89. The molecule has 0 bridgehead atoms. The van der Waals surface area contributed by atoms with Gasteiger partial charge >= 0.3 is 0 Å². The zero-order valence-corrected chi connectivity index (χ0v) is 9.08. The molecule has 0 rings (SSSR count). The van der Waals surface area contributed by atoms with Gasteiger partial charge in [0.1, 0.15) is 0 Å². The summed E-state index contributed by atoms with van der Waals surface area (Å²) in [6, 6.07) is 0. The summed E-state index contributed by atoms with van der Waals surface area (Å²) in [7, 11) is 0. The Bertz CT molecular complexity index is 90.1. The quantitative estimate of drug-likeness (QED) is 0.566. The van der Waals surface area contributed by atoms with E-state index >= 15 is 0 Å². The Morgan fingerprint density at radius 2 is 1.80 bits per heavy atom. The first-order valence-corrected chi connectivity index (χ1v) is 4.97. The van der Waals surface area contributed by atoms with Crippen LogP contribution >= 0.6 is 59.0 Å². The molecule has 0 fully saturated rings. The van der Waals surface area contributed by atoms with E-state index in [2.05, 4.69) is 12.6 Å². The minimum Gasteiger partial charge on any atom is -0.171 e. The highest BCUT2D eigenvalue weighted by Gasteiger charge is 2.28. The van der Waals surface area contributed by atoms with E-state index < -0.39 is 3.79 Å². The van der Waals surface area contributed by atoms with Gasteiger partial charge in [0.05, 0.1) is 0 Å². The van der Waals surface area contributed by atoms with Gasteiger partial charge in [-0.05, 0) is 12.8 Å². The second-order valence-corrected chi connectivity index (χ2v) is 5.26. The van der Waals surface area contributed by atoms with Crippen molar-refractivity contribution in [2.24, 2.45) is 0 Å². The summed E-state index contributed by atoms with van der Waals surface area (Å²) >= 11 is 26.1. The van der Waals surface area contributed by atoms with Crippen LogP contribution in [0.1, 0.15) is 12.8 Å². The van der Waals surface area contributed by atoms with Gasteiger partial charge in [0.2, 0.25) is 3.79 Å². The Kier molecular flexibility index (Phi) is 5.99. The second kappa shape index (κ2) is 5.21. The molecule has 62 valence electrons. The van der Waals surface area contributed by atoms with Gasteiger partial charge in [0, 0.05) is 11.1 Å². The fourth-order valence-electron chi connectivity index (χ4n) is 0.434. The molecule has 0 aliphatic rings. The molecule has 0 aromatic heterocycles. The Morgan fingerprint density at radius 1 is 1.30 bits per heavy atom. The van der Waals surface area contributed by atoms with Crippen molar-refractivity contribution in [1.82, 2.24) is 0 Å². The Labute approximate surface area is 86.6 Å². The summed E-state index contributed by atoms with van der Waals surface area (Å²) < 4.78 is -1.27.